The van der Waals surface area contributed by atoms with Gasteiger partial charge in [0, 0.05) is 18.7 Å². The van der Waals surface area contributed by atoms with Gasteiger partial charge in [0.1, 0.15) is 0 Å². The van der Waals surface area contributed by atoms with E-state index in [4.69, 9.17) is 5.73 Å². The molecular weight excluding hydrogens is 162 g/mol. The maximum Gasteiger partial charge on any atom is 0.0923 e. The lowest BCUT2D eigenvalue weighted by molar-refractivity contribution is 0.637. The molecule has 1 atom stereocenters. The van der Waals surface area contributed by atoms with Gasteiger partial charge in [-0.15, -0.1) is 0 Å². The SMILES string of the molecule is C=C(C(C)C)C(N)Cc1c[nH]cn1. The van der Waals surface area contributed by atoms with Crippen molar-refractivity contribution in [2.24, 2.45) is 11.7 Å². The van der Waals surface area contributed by atoms with Crippen molar-refractivity contribution in [1.82, 2.24) is 9.97 Å². The van der Waals surface area contributed by atoms with Gasteiger partial charge in [0.25, 0.3) is 0 Å². The Morgan fingerprint density at radius 1 is 1.69 bits per heavy atom. The molecule has 3 N–H and O–H groups in total. The summed E-state index contributed by atoms with van der Waals surface area (Å²) < 4.78 is 0. The topological polar surface area (TPSA) is 54.7 Å². The molecule has 3 heteroatoms. The maximum absolute atomic E-state index is 5.96. The van der Waals surface area contributed by atoms with E-state index in [0.717, 1.165) is 17.7 Å². The number of nitrogens with two attached hydrogens (primary N) is 1. The van der Waals surface area contributed by atoms with Crippen molar-refractivity contribution in [3.63, 3.8) is 0 Å². The normalized spacial score (nSPS) is 13.2. The molecule has 1 unspecified atom stereocenters. The van der Waals surface area contributed by atoms with Crippen LogP contribution in [0.15, 0.2) is 24.7 Å². The van der Waals surface area contributed by atoms with Crippen molar-refractivity contribution < 1.29 is 0 Å². The number of imidazole rings is 1. The fraction of sp³-hybridized carbons (Fsp3) is 0.500. The summed E-state index contributed by atoms with van der Waals surface area (Å²) >= 11 is 0. The molecule has 1 rings (SSSR count). The fourth-order valence-corrected chi connectivity index (χ4v) is 1.19. The summed E-state index contributed by atoms with van der Waals surface area (Å²) in [6.45, 7) is 8.18. The second kappa shape index (κ2) is 4.23. The Morgan fingerprint density at radius 3 is 2.85 bits per heavy atom. The first kappa shape index (κ1) is 9.99. The van der Waals surface area contributed by atoms with Crippen molar-refractivity contribution in [2.75, 3.05) is 0 Å². The highest BCUT2D eigenvalue weighted by Gasteiger charge is 2.11. The van der Waals surface area contributed by atoms with E-state index in [0.29, 0.717) is 5.92 Å². The molecule has 0 aromatic carbocycles. The number of aromatic nitrogens is 2. The molecule has 1 aromatic rings. The molecule has 0 amide bonds. The van der Waals surface area contributed by atoms with E-state index in [2.05, 4.69) is 30.4 Å². The minimum absolute atomic E-state index is 0.0169. The lowest BCUT2D eigenvalue weighted by atomic mass is 9.95. The first-order valence-corrected chi connectivity index (χ1v) is 4.53. The average Bonchev–Trinajstić information content (AvgIpc) is 2.55. The average molecular weight is 179 g/mol. The molecule has 1 aromatic heterocycles. The molecule has 0 radical (unpaired) electrons. The second-order valence-electron chi connectivity index (χ2n) is 3.60. The molecular formula is C10H17N3. The summed E-state index contributed by atoms with van der Waals surface area (Å²) in [6.07, 6.45) is 4.30. The largest absolute Gasteiger partial charge is 0.351 e. The number of rotatable bonds is 4. The van der Waals surface area contributed by atoms with Gasteiger partial charge in [-0.25, -0.2) is 4.98 Å². The van der Waals surface area contributed by atoms with Gasteiger partial charge < -0.3 is 10.7 Å². The van der Waals surface area contributed by atoms with Crippen LogP contribution >= 0.6 is 0 Å². The van der Waals surface area contributed by atoms with E-state index < -0.39 is 0 Å². The molecule has 0 fully saturated rings. The van der Waals surface area contributed by atoms with E-state index in [-0.39, 0.29) is 6.04 Å². The monoisotopic (exact) mass is 179 g/mol. The molecule has 0 bridgehead atoms. The molecule has 0 aliphatic heterocycles. The minimum atomic E-state index is 0.0169. The first-order valence-electron chi connectivity index (χ1n) is 4.53. The third kappa shape index (κ3) is 2.70. The highest BCUT2D eigenvalue weighted by atomic mass is 14.9. The van der Waals surface area contributed by atoms with E-state index in [1.54, 1.807) is 6.33 Å². The van der Waals surface area contributed by atoms with Crippen molar-refractivity contribution in [3.8, 4) is 0 Å². The number of hydrogen-bond acceptors (Lipinski definition) is 2. The van der Waals surface area contributed by atoms with Gasteiger partial charge in [-0.1, -0.05) is 26.0 Å². The quantitative estimate of drug-likeness (QED) is 0.688. The number of nitrogens with zero attached hydrogens (tertiary/aromatic N) is 1. The Bertz CT molecular complexity index is 262. The number of hydrogen-bond donors (Lipinski definition) is 2. The summed E-state index contributed by atoms with van der Waals surface area (Å²) in [4.78, 5) is 7.03. The first-order chi connectivity index (χ1) is 6.11. The van der Waals surface area contributed by atoms with Gasteiger partial charge in [-0.2, -0.15) is 0 Å². The molecule has 0 aliphatic rings. The van der Waals surface area contributed by atoms with Crippen LogP contribution in [0.1, 0.15) is 19.5 Å². The summed E-state index contributed by atoms with van der Waals surface area (Å²) in [6, 6.07) is 0.0169. The van der Waals surface area contributed by atoms with Gasteiger partial charge in [0.2, 0.25) is 0 Å². The zero-order chi connectivity index (χ0) is 9.84. The summed E-state index contributed by atoms with van der Waals surface area (Å²) in [5, 5.41) is 0. The van der Waals surface area contributed by atoms with Gasteiger partial charge in [-0.3, -0.25) is 0 Å². The molecule has 0 saturated heterocycles. The highest BCUT2D eigenvalue weighted by molar-refractivity contribution is 5.11. The van der Waals surface area contributed by atoms with Crippen molar-refractivity contribution in [2.45, 2.75) is 26.3 Å². The van der Waals surface area contributed by atoms with Crippen LogP contribution in [-0.4, -0.2) is 16.0 Å². The number of aromatic amines is 1. The van der Waals surface area contributed by atoms with Crippen molar-refractivity contribution >= 4 is 0 Å². The Labute approximate surface area is 79.1 Å². The van der Waals surface area contributed by atoms with Crippen molar-refractivity contribution in [1.29, 1.82) is 0 Å². The molecule has 0 spiro atoms. The van der Waals surface area contributed by atoms with E-state index in [1.165, 1.54) is 0 Å². The van der Waals surface area contributed by atoms with Gasteiger partial charge in [0.05, 0.1) is 12.0 Å². The Kier molecular flexibility index (Phi) is 3.25. The third-order valence-electron chi connectivity index (χ3n) is 2.20. The predicted molar refractivity (Wildman–Crippen MR) is 54.2 cm³/mol. The molecule has 0 saturated carbocycles. The van der Waals surface area contributed by atoms with Crippen LogP contribution in [0.5, 0.6) is 0 Å². The molecule has 3 nitrogen and oxygen atoms in total. The Morgan fingerprint density at radius 2 is 2.38 bits per heavy atom. The van der Waals surface area contributed by atoms with Crippen LogP contribution < -0.4 is 5.73 Å². The maximum atomic E-state index is 5.96. The van der Waals surface area contributed by atoms with Crippen molar-refractivity contribution in [3.05, 3.63) is 30.4 Å². The van der Waals surface area contributed by atoms with Gasteiger partial charge in [-0.05, 0) is 5.92 Å². The number of H-pyrrole nitrogens is 1. The highest BCUT2D eigenvalue weighted by Crippen LogP contribution is 2.12. The molecule has 72 valence electrons. The lowest BCUT2D eigenvalue weighted by Crippen LogP contribution is -2.27. The zero-order valence-corrected chi connectivity index (χ0v) is 8.25. The van der Waals surface area contributed by atoms with E-state index >= 15 is 0 Å². The Balaban J connectivity index is 2.51. The molecule has 0 aliphatic carbocycles. The van der Waals surface area contributed by atoms with Crippen LogP contribution in [0.4, 0.5) is 0 Å². The Hall–Kier alpha value is -1.09. The predicted octanol–water partition coefficient (Wildman–Crippen LogP) is 1.49. The fourth-order valence-electron chi connectivity index (χ4n) is 1.19. The molecule has 13 heavy (non-hydrogen) atoms. The molecule has 1 heterocycles. The van der Waals surface area contributed by atoms with Crippen LogP contribution in [0, 0.1) is 5.92 Å². The van der Waals surface area contributed by atoms with Crippen LogP contribution in [0.3, 0.4) is 0 Å². The van der Waals surface area contributed by atoms with Crippen LogP contribution in [0.25, 0.3) is 0 Å². The van der Waals surface area contributed by atoms with Crippen LogP contribution in [0.2, 0.25) is 0 Å². The summed E-state index contributed by atoms with van der Waals surface area (Å²) in [5.74, 6) is 0.439. The summed E-state index contributed by atoms with van der Waals surface area (Å²) in [7, 11) is 0. The van der Waals surface area contributed by atoms with Crippen LogP contribution in [-0.2, 0) is 6.42 Å². The zero-order valence-electron chi connectivity index (χ0n) is 8.25. The minimum Gasteiger partial charge on any atom is -0.351 e. The van der Waals surface area contributed by atoms with E-state index in [1.807, 2.05) is 6.20 Å². The second-order valence-corrected chi connectivity index (χ2v) is 3.60. The standard InChI is InChI=1S/C10H17N3/c1-7(2)8(3)10(11)4-9-5-12-6-13-9/h5-7,10H,3-4,11H2,1-2H3,(H,12,13). The third-order valence-corrected chi connectivity index (χ3v) is 2.20. The lowest BCUT2D eigenvalue weighted by Gasteiger charge is -2.16. The van der Waals surface area contributed by atoms with E-state index in [9.17, 15) is 0 Å². The smallest absolute Gasteiger partial charge is 0.0923 e. The van der Waals surface area contributed by atoms with Gasteiger partial charge >= 0.3 is 0 Å². The summed E-state index contributed by atoms with van der Waals surface area (Å²) in [5.41, 5.74) is 8.04. The number of nitrogens with one attached hydrogen (secondary N) is 1. The van der Waals surface area contributed by atoms with Gasteiger partial charge in [0.15, 0.2) is 0 Å².